The van der Waals surface area contributed by atoms with E-state index >= 15 is 0 Å². The Hall–Kier alpha value is -0.0800. The van der Waals surface area contributed by atoms with E-state index in [0.717, 1.165) is 19.4 Å². The summed E-state index contributed by atoms with van der Waals surface area (Å²) in [5.41, 5.74) is 0. The summed E-state index contributed by atoms with van der Waals surface area (Å²) < 4.78 is 0. The van der Waals surface area contributed by atoms with Crippen molar-refractivity contribution in [3.8, 4) is 0 Å². The van der Waals surface area contributed by atoms with E-state index in [2.05, 4.69) is 19.2 Å². The number of aliphatic hydroxyl groups is 1. The number of hydrogen-bond donors (Lipinski definition) is 2. The van der Waals surface area contributed by atoms with Crippen LogP contribution >= 0.6 is 0 Å². The van der Waals surface area contributed by atoms with Gasteiger partial charge in [-0.3, -0.25) is 0 Å². The zero-order valence-electron chi connectivity index (χ0n) is 7.93. The van der Waals surface area contributed by atoms with Crippen LogP contribution in [0.2, 0.25) is 0 Å². The van der Waals surface area contributed by atoms with Gasteiger partial charge < -0.3 is 10.4 Å². The highest BCUT2D eigenvalue weighted by molar-refractivity contribution is 4.54. The second-order valence-electron chi connectivity index (χ2n) is 3.45. The number of rotatable bonds is 6. The fraction of sp³-hybridized carbons (Fsp3) is 1.00. The fourth-order valence-electron chi connectivity index (χ4n) is 0.955. The summed E-state index contributed by atoms with van der Waals surface area (Å²) in [6, 6.07) is 0.585. The van der Waals surface area contributed by atoms with Crippen LogP contribution in [0, 0.1) is 0 Å². The minimum absolute atomic E-state index is 0.131. The Balaban J connectivity index is 2.91. The Kier molecular flexibility index (Phi) is 6.57. The molecule has 0 heterocycles. The highest BCUT2D eigenvalue weighted by Gasteiger charge is 1.95. The molecule has 0 bridgehead atoms. The molecule has 0 aliphatic rings. The molecule has 1 atom stereocenters. The Morgan fingerprint density at radius 3 is 2.27 bits per heavy atom. The lowest BCUT2D eigenvalue weighted by atomic mass is 10.2. The van der Waals surface area contributed by atoms with E-state index in [1.807, 2.05) is 6.92 Å². The van der Waals surface area contributed by atoms with Crippen LogP contribution in [0.25, 0.3) is 0 Å². The molecule has 0 radical (unpaired) electrons. The SMILES string of the molecule is CC(C)NCCCC[C@@H](C)O. The molecule has 0 aliphatic heterocycles. The molecule has 0 aromatic heterocycles. The van der Waals surface area contributed by atoms with Crippen molar-refractivity contribution in [1.29, 1.82) is 0 Å². The standard InChI is InChI=1S/C9H21NO/c1-8(2)10-7-5-4-6-9(3)11/h8-11H,4-7H2,1-3H3/t9-/m1/s1. The summed E-state index contributed by atoms with van der Waals surface area (Å²) in [5, 5.41) is 12.3. The topological polar surface area (TPSA) is 32.3 Å². The van der Waals surface area contributed by atoms with Crippen LogP contribution in [0.1, 0.15) is 40.0 Å². The zero-order valence-corrected chi connectivity index (χ0v) is 7.93. The van der Waals surface area contributed by atoms with E-state index in [9.17, 15) is 0 Å². The Bertz CT molecular complexity index is 71.6. The van der Waals surface area contributed by atoms with Gasteiger partial charge in [0.2, 0.25) is 0 Å². The van der Waals surface area contributed by atoms with Gasteiger partial charge in [0.25, 0.3) is 0 Å². The minimum Gasteiger partial charge on any atom is -0.393 e. The molecule has 0 unspecified atom stereocenters. The van der Waals surface area contributed by atoms with Gasteiger partial charge in [-0.15, -0.1) is 0 Å². The number of nitrogens with one attached hydrogen (secondary N) is 1. The van der Waals surface area contributed by atoms with Gasteiger partial charge in [0.15, 0.2) is 0 Å². The van der Waals surface area contributed by atoms with Crippen molar-refractivity contribution in [2.24, 2.45) is 0 Å². The number of aliphatic hydroxyl groups excluding tert-OH is 1. The van der Waals surface area contributed by atoms with E-state index in [1.54, 1.807) is 0 Å². The maximum Gasteiger partial charge on any atom is 0.0512 e. The van der Waals surface area contributed by atoms with Crippen molar-refractivity contribution in [2.45, 2.75) is 52.2 Å². The van der Waals surface area contributed by atoms with Gasteiger partial charge in [0.1, 0.15) is 0 Å². The van der Waals surface area contributed by atoms with Crippen molar-refractivity contribution in [1.82, 2.24) is 5.32 Å². The van der Waals surface area contributed by atoms with Crippen LogP contribution < -0.4 is 5.32 Å². The fourth-order valence-corrected chi connectivity index (χ4v) is 0.955. The lowest BCUT2D eigenvalue weighted by Crippen LogP contribution is -2.23. The molecule has 2 N–H and O–H groups in total. The van der Waals surface area contributed by atoms with Gasteiger partial charge in [-0.05, 0) is 32.7 Å². The highest BCUT2D eigenvalue weighted by Crippen LogP contribution is 1.98. The van der Waals surface area contributed by atoms with Crippen LogP contribution in [-0.4, -0.2) is 23.8 Å². The quantitative estimate of drug-likeness (QED) is 0.576. The average molecular weight is 159 g/mol. The molecular formula is C9H21NO. The largest absolute Gasteiger partial charge is 0.393 e. The maximum atomic E-state index is 8.94. The number of unbranched alkanes of at least 4 members (excludes halogenated alkanes) is 1. The maximum absolute atomic E-state index is 8.94. The molecule has 0 aromatic carbocycles. The normalized spacial score (nSPS) is 13.9. The molecular weight excluding hydrogens is 138 g/mol. The average Bonchev–Trinajstić information content (AvgIpc) is 1.85. The van der Waals surface area contributed by atoms with Crippen molar-refractivity contribution in [3.63, 3.8) is 0 Å². The van der Waals surface area contributed by atoms with Crippen molar-refractivity contribution < 1.29 is 5.11 Å². The summed E-state index contributed by atoms with van der Waals surface area (Å²) in [6.45, 7) is 7.21. The van der Waals surface area contributed by atoms with Crippen LogP contribution in [0.15, 0.2) is 0 Å². The Morgan fingerprint density at radius 2 is 1.82 bits per heavy atom. The molecule has 0 saturated heterocycles. The summed E-state index contributed by atoms with van der Waals surface area (Å²) in [5.74, 6) is 0. The van der Waals surface area contributed by atoms with Gasteiger partial charge >= 0.3 is 0 Å². The van der Waals surface area contributed by atoms with Crippen LogP contribution in [0.3, 0.4) is 0 Å². The molecule has 0 fully saturated rings. The van der Waals surface area contributed by atoms with Gasteiger partial charge in [-0.1, -0.05) is 13.8 Å². The van der Waals surface area contributed by atoms with E-state index in [4.69, 9.17) is 5.11 Å². The lowest BCUT2D eigenvalue weighted by molar-refractivity contribution is 0.180. The van der Waals surface area contributed by atoms with Crippen LogP contribution in [0.5, 0.6) is 0 Å². The zero-order chi connectivity index (χ0) is 8.69. The molecule has 2 heteroatoms. The Labute approximate surface area is 70.0 Å². The molecule has 0 aliphatic carbocycles. The minimum atomic E-state index is -0.131. The van der Waals surface area contributed by atoms with Gasteiger partial charge in [0, 0.05) is 6.04 Å². The first-order valence-corrected chi connectivity index (χ1v) is 4.54. The van der Waals surface area contributed by atoms with Gasteiger partial charge in [0.05, 0.1) is 6.10 Å². The molecule has 0 rings (SSSR count). The smallest absolute Gasteiger partial charge is 0.0512 e. The van der Waals surface area contributed by atoms with Gasteiger partial charge in [-0.2, -0.15) is 0 Å². The third-order valence-corrected chi connectivity index (χ3v) is 1.60. The Morgan fingerprint density at radius 1 is 1.18 bits per heavy atom. The summed E-state index contributed by atoms with van der Waals surface area (Å²) in [4.78, 5) is 0. The first-order chi connectivity index (χ1) is 5.13. The summed E-state index contributed by atoms with van der Waals surface area (Å²) in [7, 11) is 0. The second-order valence-corrected chi connectivity index (χ2v) is 3.45. The first-order valence-electron chi connectivity index (χ1n) is 4.54. The van der Waals surface area contributed by atoms with Crippen LogP contribution in [-0.2, 0) is 0 Å². The molecule has 0 amide bonds. The molecule has 2 nitrogen and oxygen atoms in total. The van der Waals surface area contributed by atoms with Crippen molar-refractivity contribution in [3.05, 3.63) is 0 Å². The molecule has 0 saturated carbocycles. The van der Waals surface area contributed by atoms with E-state index in [0.29, 0.717) is 6.04 Å². The monoisotopic (exact) mass is 159 g/mol. The van der Waals surface area contributed by atoms with Crippen LogP contribution in [0.4, 0.5) is 0 Å². The third-order valence-electron chi connectivity index (χ3n) is 1.60. The van der Waals surface area contributed by atoms with E-state index < -0.39 is 0 Å². The van der Waals surface area contributed by atoms with E-state index in [-0.39, 0.29) is 6.10 Å². The lowest BCUT2D eigenvalue weighted by Gasteiger charge is -2.07. The van der Waals surface area contributed by atoms with E-state index in [1.165, 1.54) is 6.42 Å². The second kappa shape index (κ2) is 6.62. The molecule has 11 heavy (non-hydrogen) atoms. The highest BCUT2D eigenvalue weighted by atomic mass is 16.3. The summed E-state index contributed by atoms with van der Waals surface area (Å²) >= 11 is 0. The predicted molar refractivity (Wildman–Crippen MR) is 48.7 cm³/mol. The van der Waals surface area contributed by atoms with Crippen molar-refractivity contribution in [2.75, 3.05) is 6.54 Å². The third kappa shape index (κ3) is 9.92. The predicted octanol–water partition coefficient (Wildman–Crippen LogP) is 1.54. The molecule has 0 aromatic rings. The van der Waals surface area contributed by atoms with Gasteiger partial charge in [-0.25, -0.2) is 0 Å². The summed E-state index contributed by atoms with van der Waals surface area (Å²) in [6.07, 6.45) is 3.09. The number of hydrogen-bond acceptors (Lipinski definition) is 2. The first kappa shape index (κ1) is 10.9. The van der Waals surface area contributed by atoms with Crippen molar-refractivity contribution >= 4 is 0 Å². The molecule has 0 spiro atoms. The molecule has 68 valence electrons.